The Bertz CT molecular complexity index is 388. The van der Waals surface area contributed by atoms with Crippen LogP contribution in [0.5, 0.6) is 0 Å². The molecule has 0 aromatic heterocycles. The van der Waals surface area contributed by atoms with E-state index in [9.17, 15) is 9.59 Å². The predicted octanol–water partition coefficient (Wildman–Crippen LogP) is 2.59. The molecule has 0 N–H and O–H groups in total. The summed E-state index contributed by atoms with van der Waals surface area (Å²) in [6.45, 7) is 8.60. The van der Waals surface area contributed by atoms with E-state index in [1.54, 1.807) is 0 Å². The Labute approximate surface area is 120 Å². The molecule has 2 bridgehead atoms. The van der Waals surface area contributed by atoms with Crippen LogP contribution in [-0.2, 0) is 14.3 Å². The van der Waals surface area contributed by atoms with Crippen LogP contribution in [0.25, 0.3) is 0 Å². The van der Waals surface area contributed by atoms with Gasteiger partial charge in [-0.25, -0.2) is 4.79 Å². The molecule has 2 fully saturated rings. The van der Waals surface area contributed by atoms with Crippen molar-refractivity contribution in [2.45, 2.75) is 58.6 Å². The quantitative estimate of drug-likeness (QED) is 0.747. The van der Waals surface area contributed by atoms with Crippen LogP contribution < -0.4 is 0 Å². The van der Waals surface area contributed by atoms with E-state index in [0.29, 0.717) is 31.4 Å². The first-order valence-corrected chi connectivity index (χ1v) is 7.45. The van der Waals surface area contributed by atoms with E-state index >= 15 is 0 Å². The third-order valence-electron chi connectivity index (χ3n) is 4.05. The molecule has 3 atom stereocenters. The highest BCUT2D eigenvalue weighted by Gasteiger charge is 2.48. The van der Waals surface area contributed by atoms with Crippen molar-refractivity contribution in [3.05, 3.63) is 0 Å². The summed E-state index contributed by atoms with van der Waals surface area (Å²) in [5.74, 6) is 0.656. The van der Waals surface area contributed by atoms with Crippen LogP contribution in [0, 0.1) is 11.8 Å². The Kier molecular flexibility index (Phi) is 4.25. The smallest absolute Gasteiger partial charge is 0.410 e. The van der Waals surface area contributed by atoms with E-state index in [4.69, 9.17) is 9.47 Å². The van der Waals surface area contributed by atoms with Gasteiger partial charge in [0.15, 0.2) is 0 Å². The summed E-state index contributed by atoms with van der Waals surface area (Å²) in [4.78, 5) is 25.5. The van der Waals surface area contributed by atoms with Gasteiger partial charge < -0.3 is 14.4 Å². The molecule has 20 heavy (non-hydrogen) atoms. The Balaban J connectivity index is 1.85. The van der Waals surface area contributed by atoms with Crippen molar-refractivity contribution in [2.24, 2.45) is 11.8 Å². The molecular formula is C15H25NO4. The molecule has 1 saturated heterocycles. The molecule has 3 unspecified atom stereocenters. The standard InChI is InChI=1S/C15H25NO4/c1-5-19-13(17)8-10-6-12-7-11(10)9-16(12)14(18)20-15(2,3)4/h10-12H,5-9H2,1-4H3. The minimum absolute atomic E-state index is 0.117. The van der Waals surface area contributed by atoms with Gasteiger partial charge in [0, 0.05) is 19.0 Å². The molecule has 1 aliphatic carbocycles. The van der Waals surface area contributed by atoms with E-state index < -0.39 is 5.60 Å². The summed E-state index contributed by atoms with van der Waals surface area (Å²) in [6, 6.07) is 0.231. The Morgan fingerprint density at radius 1 is 1.25 bits per heavy atom. The molecule has 114 valence electrons. The molecule has 0 aromatic carbocycles. The fraction of sp³-hybridized carbons (Fsp3) is 0.867. The van der Waals surface area contributed by atoms with Crippen molar-refractivity contribution in [2.75, 3.05) is 13.2 Å². The van der Waals surface area contributed by atoms with Crippen LogP contribution in [0.3, 0.4) is 0 Å². The molecular weight excluding hydrogens is 258 g/mol. The number of hydrogen-bond acceptors (Lipinski definition) is 4. The summed E-state index contributed by atoms with van der Waals surface area (Å²) in [5, 5.41) is 0. The average Bonchev–Trinajstić information content (AvgIpc) is 2.85. The lowest BCUT2D eigenvalue weighted by molar-refractivity contribution is -0.144. The second-order valence-electron chi connectivity index (χ2n) is 6.79. The first kappa shape index (κ1) is 15.1. The maximum absolute atomic E-state index is 12.1. The number of rotatable bonds is 3. The molecule has 1 saturated carbocycles. The molecule has 2 rings (SSSR count). The van der Waals surface area contributed by atoms with Gasteiger partial charge in [-0.1, -0.05) is 0 Å². The average molecular weight is 283 g/mol. The van der Waals surface area contributed by atoms with Crippen molar-refractivity contribution in [1.82, 2.24) is 4.90 Å². The number of piperidine rings is 1. The fourth-order valence-corrected chi connectivity index (χ4v) is 3.29. The number of amides is 1. The predicted molar refractivity (Wildman–Crippen MR) is 74.2 cm³/mol. The van der Waals surface area contributed by atoms with E-state index in [1.165, 1.54) is 0 Å². The van der Waals surface area contributed by atoms with Crippen molar-refractivity contribution >= 4 is 12.1 Å². The number of likely N-dealkylation sites (tertiary alicyclic amines) is 1. The topological polar surface area (TPSA) is 55.8 Å². The summed E-state index contributed by atoms with van der Waals surface area (Å²) in [5.41, 5.74) is -0.455. The van der Waals surface area contributed by atoms with E-state index in [-0.39, 0.29) is 18.1 Å². The van der Waals surface area contributed by atoms with Gasteiger partial charge in [-0.2, -0.15) is 0 Å². The first-order chi connectivity index (χ1) is 9.30. The lowest BCUT2D eigenvalue weighted by Crippen LogP contribution is -2.43. The van der Waals surface area contributed by atoms with Gasteiger partial charge in [0.1, 0.15) is 5.60 Å². The zero-order chi connectivity index (χ0) is 14.9. The van der Waals surface area contributed by atoms with Gasteiger partial charge in [0.05, 0.1) is 6.61 Å². The molecule has 5 heteroatoms. The van der Waals surface area contributed by atoms with Gasteiger partial charge >= 0.3 is 12.1 Å². The van der Waals surface area contributed by atoms with Crippen LogP contribution in [0.2, 0.25) is 0 Å². The number of nitrogens with zero attached hydrogens (tertiary/aromatic N) is 1. The maximum atomic E-state index is 12.1. The van der Waals surface area contributed by atoms with Crippen LogP contribution in [0.15, 0.2) is 0 Å². The molecule has 0 aromatic rings. The lowest BCUT2D eigenvalue weighted by atomic mass is 9.91. The third kappa shape index (κ3) is 3.44. The fourth-order valence-electron chi connectivity index (χ4n) is 3.29. The number of esters is 1. The normalized spacial score (nSPS) is 28.6. The number of fused-ring (bicyclic) bond motifs is 2. The van der Waals surface area contributed by atoms with Crippen LogP contribution >= 0.6 is 0 Å². The first-order valence-electron chi connectivity index (χ1n) is 7.45. The van der Waals surface area contributed by atoms with E-state index in [2.05, 4.69) is 0 Å². The van der Waals surface area contributed by atoms with Crippen LogP contribution in [-0.4, -0.2) is 41.8 Å². The van der Waals surface area contributed by atoms with Crippen molar-refractivity contribution in [3.63, 3.8) is 0 Å². The molecule has 1 heterocycles. The SMILES string of the molecule is CCOC(=O)CC1CC2CC1CN2C(=O)OC(C)(C)C. The van der Waals surface area contributed by atoms with E-state index in [1.807, 2.05) is 32.6 Å². The molecule has 0 radical (unpaired) electrons. The van der Waals surface area contributed by atoms with Crippen molar-refractivity contribution in [1.29, 1.82) is 0 Å². The molecule has 0 spiro atoms. The molecule has 2 aliphatic rings. The minimum Gasteiger partial charge on any atom is -0.466 e. The Morgan fingerprint density at radius 3 is 2.45 bits per heavy atom. The van der Waals surface area contributed by atoms with Gasteiger partial charge in [0.2, 0.25) is 0 Å². The second-order valence-corrected chi connectivity index (χ2v) is 6.79. The highest BCUT2D eigenvalue weighted by molar-refractivity contribution is 5.71. The number of carbonyl (C=O) groups excluding carboxylic acids is 2. The zero-order valence-corrected chi connectivity index (χ0v) is 12.8. The summed E-state index contributed by atoms with van der Waals surface area (Å²) >= 11 is 0. The van der Waals surface area contributed by atoms with Gasteiger partial charge in [-0.05, 0) is 52.4 Å². The highest BCUT2D eigenvalue weighted by atomic mass is 16.6. The molecule has 1 amide bonds. The number of ether oxygens (including phenoxy) is 2. The maximum Gasteiger partial charge on any atom is 0.410 e. The number of carbonyl (C=O) groups is 2. The Morgan fingerprint density at radius 2 is 1.95 bits per heavy atom. The summed E-state index contributed by atoms with van der Waals surface area (Å²) < 4.78 is 10.4. The third-order valence-corrected chi connectivity index (χ3v) is 4.05. The van der Waals surface area contributed by atoms with Crippen LogP contribution in [0.1, 0.15) is 47.0 Å². The van der Waals surface area contributed by atoms with Crippen molar-refractivity contribution < 1.29 is 19.1 Å². The highest BCUT2D eigenvalue weighted by Crippen LogP contribution is 2.44. The van der Waals surface area contributed by atoms with Gasteiger partial charge in [-0.15, -0.1) is 0 Å². The minimum atomic E-state index is -0.455. The van der Waals surface area contributed by atoms with Gasteiger partial charge in [-0.3, -0.25) is 4.79 Å². The Hall–Kier alpha value is -1.26. The van der Waals surface area contributed by atoms with Crippen LogP contribution in [0.4, 0.5) is 4.79 Å². The van der Waals surface area contributed by atoms with E-state index in [0.717, 1.165) is 12.8 Å². The molecule has 1 aliphatic heterocycles. The summed E-state index contributed by atoms with van der Waals surface area (Å²) in [7, 11) is 0. The largest absolute Gasteiger partial charge is 0.466 e. The van der Waals surface area contributed by atoms with Gasteiger partial charge in [0.25, 0.3) is 0 Å². The monoisotopic (exact) mass is 283 g/mol. The lowest BCUT2D eigenvalue weighted by Gasteiger charge is -2.32. The second kappa shape index (κ2) is 5.62. The van der Waals surface area contributed by atoms with Crippen molar-refractivity contribution in [3.8, 4) is 0 Å². The molecule has 5 nitrogen and oxygen atoms in total. The summed E-state index contributed by atoms with van der Waals surface area (Å²) in [6.07, 6.45) is 2.14. The zero-order valence-electron chi connectivity index (χ0n) is 12.8. The number of hydrogen-bond donors (Lipinski definition) is 0.